The number of benzene rings is 2. The number of nitrogens with zero attached hydrogens (tertiary/aromatic N) is 2. The molecule has 2 heterocycles. The van der Waals surface area contributed by atoms with Gasteiger partial charge in [0.2, 0.25) is 0 Å². The van der Waals surface area contributed by atoms with Gasteiger partial charge in [-0.3, -0.25) is 9.69 Å². The third-order valence-electron chi connectivity index (χ3n) is 11.7. The number of hydrogen-bond donors (Lipinski definition) is 2. The van der Waals surface area contributed by atoms with Crippen molar-refractivity contribution in [2.45, 2.75) is 68.5 Å². The van der Waals surface area contributed by atoms with Crippen molar-refractivity contribution in [2.24, 2.45) is 28.9 Å². The van der Waals surface area contributed by atoms with Crippen LogP contribution in [-0.4, -0.2) is 58.1 Å². The van der Waals surface area contributed by atoms with Crippen molar-refractivity contribution in [2.75, 3.05) is 19.6 Å². The zero-order chi connectivity index (χ0) is 24.4. The lowest BCUT2D eigenvalue weighted by Gasteiger charge is -2.88. The molecule has 1 amide bonds. The highest BCUT2D eigenvalue weighted by molar-refractivity contribution is 5.94. The molecular formula is C31H37N3O2. The SMILES string of the molecule is CCC1C2C3[C@@H](CN1C(=O)c1ccccc1)CC31C3Cc4ccc(O)cc4C21CCN3CC1(N)CC1. The van der Waals surface area contributed by atoms with Crippen LogP contribution in [0.4, 0.5) is 0 Å². The maximum absolute atomic E-state index is 13.8. The van der Waals surface area contributed by atoms with Gasteiger partial charge in [-0.2, -0.15) is 0 Å². The van der Waals surface area contributed by atoms with E-state index in [1.54, 1.807) is 0 Å². The summed E-state index contributed by atoms with van der Waals surface area (Å²) in [6.07, 6.45) is 6.69. The Balaban J connectivity index is 1.24. The number of fused-ring (bicyclic) bond motifs is 1. The third kappa shape index (κ3) is 2.42. The van der Waals surface area contributed by atoms with Gasteiger partial charge in [0.05, 0.1) is 0 Å². The summed E-state index contributed by atoms with van der Waals surface area (Å²) in [5, 5.41) is 10.6. The molecule has 7 atom stereocenters. The molecule has 2 saturated heterocycles. The molecule has 188 valence electrons. The van der Waals surface area contributed by atoms with Crippen LogP contribution < -0.4 is 5.73 Å². The molecule has 2 aromatic rings. The molecule has 1 spiro atoms. The predicted molar refractivity (Wildman–Crippen MR) is 139 cm³/mol. The average Bonchev–Trinajstić information content (AvgIpc) is 3.60. The Labute approximate surface area is 213 Å². The van der Waals surface area contributed by atoms with Crippen LogP contribution in [0.3, 0.4) is 0 Å². The minimum absolute atomic E-state index is 0.0234. The summed E-state index contributed by atoms with van der Waals surface area (Å²) in [5.41, 5.74) is 10.7. The van der Waals surface area contributed by atoms with Crippen molar-refractivity contribution in [3.63, 3.8) is 0 Å². The van der Waals surface area contributed by atoms with Crippen molar-refractivity contribution in [3.05, 3.63) is 65.2 Å². The van der Waals surface area contributed by atoms with E-state index in [4.69, 9.17) is 5.73 Å². The van der Waals surface area contributed by atoms with Crippen molar-refractivity contribution in [3.8, 4) is 5.75 Å². The summed E-state index contributed by atoms with van der Waals surface area (Å²) in [7, 11) is 0. The molecule has 0 radical (unpaired) electrons. The van der Waals surface area contributed by atoms with Crippen molar-refractivity contribution < 1.29 is 9.90 Å². The molecular weight excluding hydrogens is 446 g/mol. The van der Waals surface area contributed by atoms with Gasteiger partial charge in [-0.05, 0) is 98.2 Å². The molecule has 3 N–H and O–H groups in total. The summed E-state index contributed by atoms with van der Waals surface area (Å²) >= 11 is 0. The summed E-state index contributed by atoms with van der Waals surface area (Å²) < 4.78 is 0. The predicted octanol–water partition coefficient (Wildman–Crippen LogP) is 3.94. The second-order valence-corrected chi connectivity index (χ2v) is 13.0. The van der Waals surface area contributed by atoms with Crippen molar-refractivity contribution >= 4 is 5.91 Å². The van der Waals surface area contributed by atoms with Gasteiger partial charge < -0.3 is 15.7 Å². The van der Waals surface area contributed by atoms with Gasteiger partial charge in [0.1, 0.15) is 5.75 Å². The molecule has 6 aliphatic rings. The number of amides is 1. The van der Waals surface area contributed by atoms with E-state index in [-0.39, 0.29) is 28.3 Å². The fourth-order valence-electron chi connectivity index (χ4n) is 10.4. The zero-order valence-corrected chi connectivity index (χ0v) is 21.2. The molecule has 5 heteroatoms. The number of likely N-dealkylation sites (tertiary alicyclic amines) is 2. The van der Waals surface area contributed by atoms with Crippen LogP contribution in [0.1, 0.15) is 60.5 Å². The van der Waals surface area contributed by atoms with Crippen LogP contribution in [0.2, 0.25) is 0 Å². The molecule has 5 fully saturated rings. The van der Waals surface area contributed by atoms with Gasteiger partial charge >= 0.3 is 0 Å². The lowest BCUT2D eigenvalue weighted by molar-refractivity contribution is -0.349. The largest absolute Gasteiger partial charge is 0.508 e. The molecule has 2 aliphatic heterocycles. The van der Waals surface area contributed by atoms with E-state index in [9.17, 15) is 9.90 Å². The number of rotatable bonds is 4. The normalized spacial score (nSPS) is 40.7. The molecule has 4 aliphatic carbocycles. The third-order valence-corrected chi connectivity index (χ3v) is 11.7. The van der Waals surface area contributed by atoms with Gasteiger partial charge in [0.25, 0.3) is 5.91 Å². The van der Waals surface area contributed by atoms with E-state index >= 15 is 0 Å². The van der Waals surface area contributed by atoms with Gasteiger partial charge in [-0.1, -0.05) is 31.2 Å². The molecule has 2 bridgehead atoms. The van der Waals surface area contributed by atoms with Crippen LogP contribution in [-0.2, 0) is 11.8 Å². The molecule has 6 unspecified atom stereocenters. The van der Waals surface area contributed by atoms with Crippen molar-refractivity contribution in [1.82, 2.24) is 9.80 Å². The first-order chi connectivity index (χ1) is 17.4. The molecule has 3 saturated carbocycles. The summed E-state index contributed by atoms with van der Waals surface area (Å²) in [4.78, 5) is 18.8. The number of aromatic hydroxyl groups is 1. The molecule has 8 rings (SSSR count). The van der Waals surface area contributed by atoms with Crippen LogP contribution in [0.5, 0.6) is 5.75 Å². The van der Waals surface area contributed by atoms with E-state index in [0.29, 0.717) is 29.5 Å². The summed E-state index contributed by atoms with van der Waals surface area (Å²) in [6.45, 7) is 5.28. The first-order valence-corrected chi connectivity index (χ1v) is 14.1. The molecule has 0 aromatic heterocycles. The number of nitrogens with two attached hydrogens (primary N) is 1. The van der Waals surface area contributed by atoms with Gasteiger partial charge in [0.15, 0.2) is 0 Å². The maximum atomic E-state index is 13.8. The minimum Gasteiger partial charge on any atom is -0.508 e. The fourth-order valence-corrected chi connectivity index (χ4v) is 10.4. The Morgan fingerprint density at radius 2 is 1.92 bits per heavy atom. The first kappa shape index (κ1) is 21.7. The zero-order valence-electron chi connectivity index (χ0n) is 21.2. The second kappa shape index (κ2) is 6.93. The van der Waals surface area contributed by atoms with E-state index in [2.05, 4.69) is 28.9 Å². The van der Waals surface area contributed by atoms with E-state index < -0.39 is 0 Å². The fraction of sp³-hybridized carbons (Fsp3) is 0.581. The number of piperidine rings is 2. The Hall–Kier alpha value is -2.37. The molecule has 5 nitrogen and oxygen atoms in total. The highest BCUT2D eigenvalue weighted by Crippen LogP contribution is 2.84. The standard InChI is InChI=1S/C31H37N3O2/c1-2-24-27-26-21(17-34(24)28(36)19-6-4-3-5-7-19)16-31(26)25-14-20-8-9-22(35)15-23(20)30(27,31)12-13-33(25)18-29(32)10-11-29/h3-9,15,21,24-27,35H,2,10-14,16-18,32H2,1H3/t21-,24?,25?,26?,27?,30?,31?/m1/s1. The first-order valence-electron chi connectivity index (χ1n) is 14.1. The van der Waals surface area contributed by atoms with Crippen LogP contribution >= 0.6 is 0 Å². The maximum Gasteiger partial charge on any atom is 0.254 e. The molecule has 36 heavy (non-hydrogen) atoms. The van der Waals surface area contributed by atoms with E-state index in [0.717, 1.165) is 57.3 Å². The average molecular weight is 484 g/mol. The Kier molecular flexibility index (Phi) is 4.18. The lowest BCUT2D eigenvalue weighted by atomic mass is 9.20. The van der Waals surface area contributed by atoms with Gasteiger partial charge in [-0.25, -0.2) is 0 Å². The number of phenolic OH excluding ortho intramolecular Hbond substituents is 1. The van der Waals surface area contributed by atoms with Crippen molar-refractivity contribution in [1.29, 1.82) is 0 Å². The lowest BCUT2D eigenvalue weighted by Crippen LogP contribution is -2.90. The highest BCUT2D eigenvalue weighted by Gasteiger charge is 2.86. The second-order valence-electron chi connectivity index (χ2n) is 13.0. The summed E-state index contributed by atoms with van der Waals surface area (Å²) in [5.74, 6) is 2.33. The Morgan fingerprint density at radius 1 is 1.11 bits per heavy atom. The highest BCUT2D eigenvalue weighted by atomic mass is 16.3. The van der Waals surface area contributed by atoms with Crippen LogP contribution in [0, 0.1) is 23.2 Å². The smallest absolute Gasteiger partial charge is 0.254 e. The topological polar surface area (TPSA) is 69.8 Å². The monoisotopic (exact) mass is 483 g/mol. The summed E-state index contributed by atoms with van der Waals surface area (Å²) in [6, 6.07) is 16.8. The van der Waals surface area contributed by atoms with E-state index in [1.165, 1.54) is 17.5 Å². The number of hydrogen-bond acceptors (Lipinski definition) is 4. The number of carbonyl (C=O) groups is 1. The Morgan fingerprint density at radius 3 is 2.67 bits per heavy atom. The van der Waals surface area contributed by atoms with E-state index in [1.807, 2.05) is 36.4 Å². The van der Waals surface area contributed by atoms with Gasteiger partial charge in [0, 0.05) is 47.1 Å². The van der Waals surface area contributed by atoms with Gasteiger partial charge in [-0.15, -0.1) is 0 Å². The number of phenols is 1. The van der Waals surface area contributed by atoms with Crippen LogP contribution in [0.25, 0.3) is 0 Å². The van der Waals surface area contributed by atoms with Crippen LogP contribution in [0.15, 0.2) is 48.5 Å². The Bertz CT molecular complexity index is 1260. The number of carbonyl (C=O) groups excluding carboxylic acids is 1. The minimum atomic E-state index is 0.0234. The molecule has 2 aromatic carbocycles. The quantitative estimate of drug-likeness (QED) is 0.691.